The topological polar surface area (TPSA) is 120 Å². The van der Waals surface area contributed by atoms with Crippen LogP contribution < -0.4 is 15.3 Å². The number of aliphatic carboxylic acids is 3. The molecule has 0 fully saturated rings. The second-order valence-electron chi connectivity index (χ2n) is 11.2. The van der Waals surface area contributed by atoms with E-state index in [-0.39, 0.29) is 17.8 Å². The second-order valence-corrected chi connectivity index (χ2v) is 12.5. The molecule has 0 aliphatic heterocycles. The summed E-state index contributed by atoms with van der Waals surface area (Å²) in [5.74, 6) is -1.68. The van der Waals surface area contributed by atoms with Crippen LogP contribution in [0.4, 0.5) is 0 Å². The molecule has 0 aromatic carbocycles. The molecule has 3 unspecified atom stereocenters. The molecule has 0 aromatic rings. The summed E-state index contributed by atoms with van der Waals surface area (Å²) >= 11 is 13.7. The molecule has 44 heavy (non-hydrogen) atoms. The maximum atomic E-state index is 10.7. The minimum absolute atomic E-state index is 0.283. The summed E-state index contributed by atoms with van der Waals surface area (Å²) in [6.07, 6.45) is 21.7. The van der Waals surface area contributed by atoms with Crippen molar-refractivity contribution in [3.8, 4) is 0 Å². The number of carbonyl (C=O) groups excluding carboxylic acids is 3. The van der Waals surface area contributed by atoms with Gasteiger partial charge in [0.15, 0.2) is 0 Å². The van der Waals surface area contributed by atoms with Crippen molar-refractivity contribution < 1.29 is 29.7 Å². The summed E-state index contributed by atoms with van der Waals surface area (Å²) in [5, 5.41) is 32.0. The Bertz CT molecular complexity index is 533. The zero-order valence-electron chi connectivity index (χ0n) is 28.5. The first kappa shape index (κ1) is 51.1. The molecule has 0 aromatic heterocycles. The molecule has 10 heteroatoms. The average Bonchev–Trinajstić information content (AvgIpc) is 3.00. The fourth-order valence-corrected chi connectivity index (χ4v) is 5.53. The number of rotatable bonds is 27. The van der Waals surface area contributed by atoms with Crippen molar-refractivity contribution in [3.05, 3.63) is 0 Å². The SMILES string of the molecule is CCCCCCCC(CCS)C(=O)[O-].CCCCCCCC(CCS)C(=O)[O-].CCCCCCCC(CCS)C(=O)[O-].[CH3][Sn+3]. The van der Waals surface area contributed by atoms with E-state index in [0.29, 0.717) is 36.5 Å². The molecule has 0 saturated heterocycles. The van der Waals surface area contributed by atoms with Crippen molar-refractivity contribution in [1.29, 1.82) is 0 Å². The van der Waals surface area contributed by atoms with Crippen molar-refractivity contribution in [1.82, 2.24) is 0 Å². The first-order valence-corrected chi connectivity index (χ1v) is 21.9. The van der Waals surface area contributed by atoms with Crippen LogP contribution >= 0.6 is 37.9 Å². The van der Waals surface area contributed by atoms with E-state index in [4.69, 9.17) is 0 Å². The molecule has 0 amide bonds. The van der Waals surface area contributed by atoms with Crippen molar-refractivity contribution in [2.24, 2.45) is 17.8 Å². The Kier molecular flexibility index (Phi) is 50.2. The summed E-state index contributed by atoms with van der Waals surface area (Å²) in [5.41, 5.74) is 0. The van der Waals surface area contributed by atoms with E-state index in [1.807, 2.05) is 0 Å². The summed E-state index contributed by atoms with van der Waals surface area (Å²) in [6.45, 7) is 6.51. The van der Waals surface area contributed by atoms with Gasteiger partial charge in [-0.15, -0.1) is 0 Å². The quantitative estimate of drug-likeness (QED) is 0.0511. The summed E-state index contributed by atoms with van der Waals surface area (Å²) in [7, 11) is 0. The van der Waals surface area contributed by atoms with Crippen molar-refractivity contribution in [2.45, 2.75) is 161 Å². The number of carboxylic acids is 3. The van der Waals surface area contributed by atoms with E-state index in [0.717, 1.165) is 57.8 Å². The van der Waals surface area contributed by atoms with E-state index < -0.39 is 17.9 Å². The number of hydrogen-bond donors (Lipinski definition) is 3. The summed E-state index contributed by atoms with van der Waals surface area (Å²) in [6, 6.07) is 0. The minimum atomic E-state index is -0.908. The third-order valence-electron chi connectivity index (χ3n) is 7.40. The molecule has 0 spiro atoms. The van der Waals surface area contributed by atoms with Crippen LogP contribution in [0.15, 0.2) is 0 Å². The Balaban J connectivity index is -0.000000265. The van der Waals surface area contributed by atoms with E-state index in [9.17, 15) is 29.7 Å². The predicted molar refractivity (Wildman–Crippen MR) is 193 cm³/mol. The third kappa shape index (κ3) is 40.3. The first-order valence-electron chi connectivity index (χ1n) is 17.1. The van der Waals surface area contributed by atoms with Gasteiger partial charge in [0.2, 0.25) is 0 Å². The number of thiol groups is 3. The molecule has 0 aliphatic carbocycles. The predicted octanol–water partition coefficient (Wildman–Crippen LogP) is 6.30. The maximum absolute atomic E-state index is 10.7. The monoisotopic (exact) mass is 786 g/mol. The molecule has 0 rings (SSSR count). The van der Waals surface area contributed by atoms with E-state index in [1.165, 1.54) is 57.8 Å². The van der Waals surface area contributed by atoms with Gasteiger partial charge in [-0.25, -0.2) is 0 Å². The first-order chi connectivity index (χ1) is 21.2. The van der Waals surface area contributed by atoms with Crippen LogP contribution in [-0.2, 0) is 14.4 Å². The Hall–Kier alpha value is 0.259. The van der Waals surface area contributed by atoms with Crippen LogP contribution in [-0.4, -0.2) is 57.7 Å². The number of hydrogen-bond acceptors (Lipinski definition) is 9. The Labute approximate surface area is 301 Å². The van der Waals surface area contributed by atoms with Crippen LogP contribution in [0.1, 0.15) is 156 Å². The van der Waals surface area contributed by atoms with Crippen molar-refractivity contribution in [3.63, 3.8) is 0 Å². The van der Waals surface area contributed by atoms with Gasteiger partial charge in [-0.1, -0.05) is 117 Å². The van der Waals surface area contributed by atoms with Gasteiger partial charge in [0.1, 0.15) is 0 Å². The molecule has 0 aliphatic rings. The molecule has 0 saturated carbocycles. The van der Waals surface area contributed by atoms with Crippen LogP contribution in [0.2, 0.25) is 4.94 Å². The second kappa shape index (κ2) is 43.3. The van der Waals surface area contributed by atoms with Crippen LogP contribution in [0.5, 0.6) is 0 Å². The van der Waals surface area contributed by atoms with E-state index in [1.54, 1.807) is 22.5 Å². The van der Waals surface area contributed by atoms with Gasteiger partial charge in [0.25, 0.3) is 0 Å². The van der Waals surface area contributed by atoms with Gasteiger partial charge in [0, 0.05) is 17.9 Å². The van der Waals surface area contributed by atoms with E-state index in [2.05, 4.69) is 63.6 Å². The van der Waals surface area contributed by atoms with Gasteiger partial charge in [-0.3, -0.25) is 0 Å². The molecule has 6 nitrogen and oxygen atoms in total. The van der Waals surface area contributed by atoms with Gasteiger partial charge in [-0.05, 0) is 73.5 Å². The van der Waals surface area contributed by atoms with Crippen LogP contribution in [0.3, 0.4) is 0 Å². The fourth-order valence-electron chi connectivity index (χ4n) is 4.59. The van der Waals surface area contributed by atoms with Crippen molar-refractivity contribution in [2.75, 3.05) is 17.3 Å². The van der Waals surface area contributed by atoms with E-state index >= 15 is 0 Å². The molecule has 0 heterocycles. The van der Waals surface area contributed by atoms with Gasteiger partial charge in [-0.2, -0.15) is 37.9 Å². The van der Waals surface area contributed by atoms with Gasteiger partial charge >= 0.3 is 27.5 Å². The fraction of sp³-hybridized carbons (Fsp3) is 0.912. The Morgan fingerprint density at radius 1 is 0.432 bits per heavy atom. The summed E-state index contributed by atoms with van der Waals surface area (Å²) in [4.78, 5) is 34.1. The van der Waals surface area contributed by atoms with Gasteiger partial charge in [0.05, 0.1) is 0 Å². The zero-order chi connectivity index (χ0) is 34.4. The molecule has 260 valence electrons. The molecular weight excluding hydrogens is 719 g/mol. The number of carboxylic acid groups (broad SMARTS) is 3. The molecule has 0 bridgehead atoms. The zero-order valence-corrected chi connectivity index (χ0v) is 34.0. The standard InChI is InChI=1S/3C11H22O2S.CH3.Sn/c3*1-2-3-4-5-6-7-10(8-9-14)11(12)13;;/h3*10,14H,2-9H2,1H3,(H,12,13);1H3;/q;;;;+3/p-3. The normalized spacial score (nSPS) is 12.3. The molecule has 0 N–H and O–H groups in total. The van der Waals surface area contributed by atoms with Gasteiger partial charge < -0.3 is 29.7 Å². The molecule has 0 radical (unpaired) electrons. The van der Waals surface area contributed by atoms with Crippen molar-refractivity contribution >= 4 is 78.3 Å². The van der Waals surface area contributed by atoms with Crippen LogP contribution in [0, 0.1) is 17.8 Å². The Morgan fingerprint density at radius 2 is 0.636 bits per heavy atom. The number of unbranched alkanes of at least 4 members (excludes halogenated alkanes) is 12. The third-order valence-corrected chi connectivity index (χ3v) is 8.18. The molecular formula is C34H66O6S3Sn. The Morgan fingerprint density at radius 3 is 0.795 bits per heavy atom. The molecule has 3 atom stereocenters. The summed E-state index contributed by atoms with van der Waals surface area (Å²) < 4.78 is 0. The average molecular weight is 786 g/mol. The number of carbonyl (C=O) groups is 3. The van der Waals surface area contributed by atoms with Crippen LogP contribution in [0.25, 0.3) is 0 Å².